The second-order valence-corrected chi connectivity index (χ2v) is 7.16. The standard InChI is InChI=1S/C23H24N2O7/c1-13(2)31-23(28)21-14(3)32-19-10-9-17(11-18(19)21)30-12-20(26)24-25-22(27)15-5-7-16(29-4)8-6-15/h5-11,13H,12H2,1-4H3,(H,24,26)(H,25,27). The van der Waals surface area contributed by atoms with Crippen LogP contribution in [-0.4, -0.2) is 37.6 Å². The summed E-state index contributed by atoms with van der Waals surface area (Å²) >= 11 is 0. The fourth-order valence-electron chi connectivity index (χ4n) is 2.94. The highest BCUT2D eigenvalue weighted by Gasteiger charge is 2.21. The van der Waals surface area contributed by atoms with E-state index in [1.165, 1.54) is 7.11 Å². The molecule has 3 rings (SSSR count). The third kappa shape index (κ3) is 5.37. The topological polar surface area (TPSA) is 116 Å². The van der Waals surface area contributed by atoms with Gasteiger partial charge in [-0.2, -0.15) is 0 Å². The van der Waals surface area contributed by atoms with Crippen LogP contribution in [0.15, 0.2) is 46.9 Å². The minimum Gasteiger partial charge on any atom is -0.497 e. The molecule has 32 heavy (non-hydrogen) atoms. The summed E-state index contributed by atoms with van der Waals surface area (Å²) in [6, 6.07) is 11.3. The molecule has 9 heteroatoms. The molecule has 0 aliphatic carbocycles. The number of hydrazine groups is 1. The number of nitrogens with one attached hydrogen (secondary N) is 2. The van der Waals surface area contributed by atoms with Gasteiger partial charge in [0.05, 0.1) is 13.2 Å². The average Bonchev–Trinajstić information content (AvgIpc) is 3.10. The number of fused-ring (bicyclic) bond motifs is 1. The van der Waals surface area contributed by atoms with Crippen molar-refractivity contribution in [1.82, 2.24) is 10.9 Å². The number of hydrogen-bond donors (Lipinski definition) is 2. The van der Waals surface area contributed by atoms with E-state index in [9.17, 15) is 14.4 Å². The second-order valence-electron chi connectivity index (χ2n) is 7.16. The molecule has 2 aromatic carbocycles. The van der Waals surface area contributed by atoms with Gasteiger partial charge in [-0.1, -0.05) is 0 Å². The number of benzene rings is 2. The number of amides is 2. The molecule has 2 amide bonds. The zero-order valence-corrected chi connectivity index (χ0v) is 18.2. The van der Waals surface area contributed by atoms with Crippen LogP contribution in [0.5, 0.6) is 11.5 Å². The van der Waals surface area contributed by atoms with Crippen molar-refractivity contribution in [3.8, 4) is 11.5 Å². The van der Waals surface area contributed by atoms with Gasteiger partial charge in [0.25, 0.3) is 11.8 Å². The first kappa shape index (κ1) is 22.7. The maximum Gasteiger partial charge on any atom is 0.342 e. The number of carbonyl (C=O) groups is 3. The molecule has 0 saturated heterocycles. The van der Waals surface area contributed by atoms with E-state index in [2.05, 4.69) is 10.9 Å². The third-order valence-electron chi connectivity index (χ3n) is 4.42. The highest BCUT2D eigenvalue weighted by Crippen LogP contribution is 2.30. The summed E-state index contributed by atoms with van der Waals surface area (Å²) < 4.78 is 21.4. The third-order valence-corrected chi connectivity index (χ3v) is 4.42. The van der Waals surface area contributed by atoms with E-state index in [-0.39, 0.29) is 12.7 Å². The van der Waals surface area contributed by atoms with Crippen LogP contribution in [0.25, 0.3) is 11.0 Å². The molecule has 0 spiro atoms. The predicted octanol–water partition coefficient (Wildman–Crippen LogP) is 3.16. The van der Waals surface area contributed by atoms with E-state index < -0.39 is 17.8 Å². The number of ether oxygens (including phenoxy) is 3. The highest BCUT2D eigenvalue weighted by molar-refractivity contribution is 6.05. The highest BCUT2D eigenvalue weighted by atomic mass is 16.5. The van der Waals surface area contributed by atoms with E-state index in [1.807, 2.05) is 0 Å². The first-order valence-corrected chi connectivity index (χ1v) is 9.88. The van der Waals surface area contributed by atoms with Crippen molar-refractivity contribution in [3.05, 3.63) is 59.4 Å². The fourth-order valence-corrected chi connectivity index (χ4v) is 2.94. The molecule has 0 bridgehead atoms. The van der Waals surface area contributed by atoms with Gasteiger partial charge in [-0.05, 0) is 63.2 Å². The van der Waals surface area contributed by atoms with Crippen molar-refractivity contribution >= 4 is 28.8 Å². The van der Waals surface area contributed by atoms with Gasteiger partial charge in [0, 0.05) is 10.9 Å². The van der Waals surface area contributed by atoms with Crippen LogP contribution in [0.2, 0.25) is 0 Å². The summed E-state index contributed by atoms with van der Waals surface area (Å²) in [5.74, 6) is -0.133. The molecular weight excluding hydrogens is 416 g/mol. The summed E-state index contributed by atoms with van der Waals surface area (Å²) in [5.41, 5.74) is 5.77. The molecule has 1 heterocycles. The Morgan fingerprint density at radius 1 is 1.00 bits per heavy atom. The molecule has 1 aromatic heterocycles. The van der Waals surface area contributed by atoms with Gasteiger partial charge in [0.2, 0.25) is 0 Å². The zero-order valence-electron chi connectivity index (χ0n) is 18.2. The number of hydrogen-bond acceptors (Lipinski definition) is 7. The van der Waals surface area contributed by atoms with Gasteiger partial charge in [0.15, 0.2) is 6.61 Å². The molecule has 0 unspecified atom stereocenters. The molecule has 3 aromatic rings. The lowest BCUT2D eigenvalue weighted by atomic mass is 10.1. The number of rotatable bonds is 7. The Morgan fingerprint density at radius 2 is 1.69 bits per heavy atom. The van der Waals surface area contributed by atoms with Crippen LogP contribution in [0.3, 0.4) is 0 Å². The summed E-state index contributed by atoms with van der Waals surface area (Å²) in [6.45, 7) is 4.85. The van der Waals surface area contributed by atoms with Crippen molar-refractivity contribution in [2.45, 2.75) is 26.9 Å². The van der Waals surface area contributed by atoms with Gasteiger partial charge in [-0.15, -0.1) is 0 Å². The van der Waals surface area contributed by atoms with Gasteiger partial charge >= 0.3 is 5.97 Å². The Balaban J connectivity index is 1.59. The Bertz CT molecular complexity index is 1130. The van der Waals surface area contributed by atoms with Crippen molar-refractivity contribution in [3.63, 3.8) is 0 Å². The summed E-state index contributed by atoms with van der Waals surface area (Å²) in [4.78, 5) is 36.5. The van der Waals surface area contributed by atoms with E-state index >= 15 is 0 Å². The van der Waals surface area contributed by atoms with E-state index in [1.54, 1.807) is 63.2 Å². The van der Waals surface area contributed by atoms with Crippen molar-refractivity contribution < 1.29 is 33.0 Å². The quantitative estimate of drug-likeness (QED) is 0.428. The van der Waals surface area contributed by atoms with Gasteiger partial charge < -0.3 is 18.6 Å². The van der Waals surface area contributed by atoms with E-state index in [0.717, 1.165) is 0 Å². The smallest absolute Gasteiger partial charge is 0.342 e. The normalized spacial score (nSPS) is 10.7. The minimum atomic E-state index is -0.560. The molecule has 0 saturated carbocycles. The fraction of sp³-hybridized carbons (Fsp3) is 0.261. The van der Waals surface area contributed by atoms with Crippen LogP contribution >= 0.6 is 0 Å². The first-order chi connectivity index (χ1) is 15.3. The lowest BCUT2D eigenvalue weighted by Crippen LogP contribution is -2.43. The number of furan rings is 1. The van der Waals surface area contributed by atoms with Crippen LogP contribution in [0.1, 0.15) is 40.3 Å². The number of methoxy groups -OCH3 is 1. The van der Waals surface area contributed by atoms with Crippen LogP contribution < -0.4 is 20.3 Å². The molecule has 9 nitrogen and oxygen atoms in total. The largest absolute Gasteiger partial charge is 0.497 e. The molecule has 0 radical (unpaired) electrons. The second kappa shape index (κ2) is 9.86. The lowest BCUT2D eigenvalue weighted by molar-refractivity contribution is -0.123. The summed E-state index contributed by atoms with van der Waals surface area (Å²) in [6.07, 6.45) is -0.275. The monoisotopic (exact) mass is 440 g/mol. The van der Waals surface area contributed by atoms with Crippen LogP contribution in [0, 0.1) is 6.92 Å². The molecule has 0 atom stereocenters. The minimum absolute atomic E-state index is 0.275. The number of aryl methyl sites for hydroxylation is 1. The maximum absolute atomic E-state index is 12.4. The number of carbonyl (C=O) groups excluding carboxylic acids is 3. The Hall–Kier alpha value is -4.01. The Kier molecular flexibility index (Phi) is 6.99. The van der Waals surface area contributed by atoms with Crippen molar-refractivity contribution in [1.29, 1.82) is 0 Å². The zero-order chi connectivity index (χ0) is 23.3. The lowest BCUT2D eigenvalue weighted by Gasteiger charge is -2.10. The summed E-state index contributed by atoms with van der Waals surface area (Å²) in [5, 5.41) is 0.527. The van der Waals surface area contributed by atoms with Gasteiger partial charge in [0.1, 0.15) is 28.4 Å². The van der Waals surface area contributed by atoms with Gasteiger partial charge in [-0.3, -0.25) is 20.4 Å². The molecule has 2 N–H and O–H groups in total. The predicted molar refractivity (Wildman–Crippen MR) is 116 cm³/mol. The van der Waals surface area contributed by atoms with Crippen molar-refractivity contribution in [2.24, 2.45) is 0 Å². The number of esters is 1. The first-order valence-electron chi connectivity index (χ1n) is 9.88. The Labute approximate surface area is 184 Å². The molecule has 0 fully saturated rings. The van der Waals surface area contributed by atoms with Crippen LogP contribution in [0.4, 0.5) is 0 Å². The molecule has 0 aliphatic rings. The van der Waals surface area contributed by atoms with Crippen LogP contribution in [-0.2, 0) is 9.53 Å². The Morgan fingerprint density at radius 3 is 2.34 bits per heavy atom. The van der Waals surface area contributed by atoms with E-state index in [0.29, 0.717) is 39.4 Å². The SMILES string of the molecule is COc1ccc(C(=O)NNC(=O)COc2ccc3oc(C)c(C(=O)OC(C)C)c3c2)cc1. The molecule has 0 aliphatic heterocycles. The van der Waals surface area contributed by atoms with Gasteiger partial charge in [-0.25, -0.2) is 4.79 Å². The van der Waals surface area contributed by atoms with Crippen molar-refractivity contribution in [2.75, 3.05) is 13.7 Å². The maximum atomic E-state index is 12.4. The molecule has 168 valence electrons. The van der Waals surface area contributed by atoms with E-state index in [4.69, 9.17) is 18.6 Å². The average molecular weight is 440 g/mol. The summed E-state index contributed by atoms with van der Waals surface area (Å²) in [7, 11) is 1.53. The molecular formula is C23H24N2O7.